The van der Waals surface area contributed by atoms with E-state index >= 15 is 0 Å². The molecule has 4 rings (SSSR count). The molecule has 0 unspecified atom stereocenters. The van der Waals surface area contributed by atoms with Gasteiger partial charge in [-0.15, -0.1) is 11.3 Å². The zero-order valence-corrected chi connectivity index (χ0v) is 19.0. The lowest BCUT2D eigenvalue weighted by atomic mass is 10.2. The molecule has 0 radical (unpaired) electrons. The van der Waals surface area contributed by atoms with Gasteiger partial charge in [0.1, 0.15) is 12.4 Å². The zero-order valence-electron chi connectivity index (χ0n) is 16.6. The van der Waals surface area contributed by atoms with Crippen LogP contribution in [0.25, 0.3) is 0 Å². The van der Waals surface area contributed by atoms with E-state index in [0.717, 1.165) is 16.9 Å². The number of halogens is 2. The number of nitrogens with zero attached hydrogens (tertiary/aromatic N) is 2. The van der Waals surface area contributed by atoms with Gasteiger partial charge in [-0.05, 0) is 48.2 Å². The van der Waals surface area contributed by atoms with Gasteiger partial charge in [0.25, 0.3) is 5.91 Å². The summed E-state index contributed by atoms with van der Waals surface area (Å²) in [7, 11) is 0. The maximum atomic E-state index is 12.6. The summed E-state index contributed by atoms with van der Waals surface area (Å²) < 4.78 is 7.49. The predicted octanol–water partition coefficient (Wildman–Crippen LogP) is 6.44. The number of rotatable bonds is 7. The maximum Gasteiger partial charge on any atom is 0.265 e. The van der Waals surface area contributed by atoms with Crippen LogP contribution in [0.15, 0.2) is 66.3 Å². The number of carbonyl (C=O) groups excluding carboxylic acids is 1. The summed E-state index contributed by atoms with van der Waals surface area (Å²) in [5.74, 6) is 0.617. The molecule has 4 aromatic rings. The van der Waals surface area contributed by atoms with Crippen LogP contribution in [0.4, 0.5) is 5.69 Å². The van der Waals surface area contributed by atoms with Crippen LogP contribution in [-0.2, 0) is 13.2 Å². The van der Waals surface area contributed by atoms with Gasteiger partial charge in [0.15, 0.2) is 0 Å². The van der Waals surface area contributed by atoms with Gasteiger partial charge in [-0.1, -0.05) is 47.0 Å². The smallest absolute Gasteiger partial charge is 0.265 e. The minimum Gasteiger partial charge on any atom is -0.489 e. The lowest BCUT2D eigenvalue weighted by Gasteiger charge is -2.05. The Hall–Kier alpha value is -2.80. The van der Waals surface area contributed by atoms with Crippen LogP contribution in [-0.4, -0.2) is 15.7 Å². The Bertz CT molecular complexity index is 1200. The van der Waals surface area contributed by atoms with Gasteiger partial charge in [0.05, 0.1) is 23.3 Å². The summed E-state index contributed by atoms with van der Waals surface area (Å²) in [4.78, 5) is 13.2. The Morgan fingerprint density at radius 1 is 1.16 bits per heavy atom. The number of benzene rings is 2. The number of ether oxygens (including phenoxy) is 1. The highest BCUT2D eigenvalue weighted by Gasteiger charge is 2.12. The normalized spacial score (nSPS) is 10.8. The highest BCUT2D eigenvalue weighted by molar-refractivity contribution is 7.12. The molecule has 0 aliphatic carbocycles. The number of hydrogen-bond donors (Lipinski definition) is 1. The minimum absolute atomic E-state index is 0.185. The molecule has 8 heteroatoms. The van der Waals surface area contributed by atoms with Crippen molar-refractivity contribution in [2.75, 3.05) is 5.32 Å². The van der Waals surface area contributed by atoms with E-state index in [0.29, 0.717) is 33.8 Å². The van der Waals surface area contributed by atoms with Crippen molar-refractivity contribution >= 4 is 46.1 Å². The topological polar surface area (TPSA) is 56.1 Å². The summed E-state index contributed by atoms with van der Waals surface area (Å²) in [5, 5.41) is 10.3. The van der Waals surface area contributed by atoms with E-state index in [-0.39, 0.29) is 5.91 Å². The number of nitrogens with one attached hydrogen (secondary N) is 1. The van der Waals surface area contributed by atoms with Crippen LogP contribution in [0.5, 0.6) is 5.75 Å². The standard InChI is InChI=1S/C23H19Cl2N3O2S/c1-15-2-6-20(7-3-15)30-13-16-8-22(31-14-16)23(29)27-19-10-26-28(12-19)11-17-4-5-18(24)9-21(17)25/h2-10,12,14H,11,13H2,1H3,(H,27,29). The van der Waals surface area contributed by atoms with Crippen LogP contribution in [0.2, 0.25) is 10.0 Å². The summed E-state index contributed by atoms with van der Waals surface area (Å²) in [6.45, 7) is 2.92. The van der Waals surface area contributed by atoms with Crippen molar-refractivity contribution in [3.63, 3.8) is 0 Å². The van der Waals surface area contributed by atoms with E-state index in [1.54, 1.807) is 29.2 Å². The fourth-order valence-corrected chi connectivity index (χ4v) is 4.16. The van der Waals surface area contributed by atoms with Gasteiger partial charge >= 0.3 is 0 Å². The molecule has 2 aromatic carbocycles. The lowest BCUT2D eigenvalue weighted by Crippen LogP contribution is -2.09. The van der Waals surface area contributed by atoms with E-state index in [9.17, 15) is 4.79 Å². The molecule has 0 saturated heterocycles. The zero-order chi connectivity index (χ0) is 21.8. The molecule has 0 aliphatic heterocycles. The predicted molar refractivity (Wildman–Crippen MR) is 126 cm³/mol. The molecule has 2 heterocycles. The van der Waals surface area contributed by atoms with Crippen LogP contribution in [0, 0.1) is 6.92 Å². The van der Waals surface area contributed by atoms with Crippen LogP contribution in [0.1, 0.15) is 26.4 Å². The van der Waals surface area contributed by atoms with Crippen molar-refractivity contribution in [1.82, 2.24) is 9.78 Å². The lowest BCUT2D eigenvalue weighted by molar-refractivity contribution is 0.103. The fourth-order valence-electron chi connectivity index (χ4n) is 2.90. The van der Waals surface area contributed by atoms with E-state index in [4.69, 9.17) is 27.9 Å². The minimum atomic E-state index is -0.185. The highest BCUT2D eigenvalue weighted by atomic mass is 35.5. The molecular weight excluding hydrogens is 453 g/mol. The molecule has 0 fully saturated rings. The molecule has 0 atom stereocenters. The van der Waals surface area contributed by atoms with Crippen molar-refractivity contribution < 1.29 is 9.53 Å². The van der Waals surface area contributed by atoms with E-state index in [2.05, 4.69) is 10.4 Å². The summed E-state index contributed by atoms with van der Waals surface area (Å²) in [6.07, 6.45) is 3.37. The Balaban J connectivity index is 1.34. The van der Waals surface area contributed by atoms with Gasteiger partial charge in [-0.3, -0.25) is 9.48 Å². The maximum absolute atomic E-state index is 12.6. The van der Waals surface area contributed by atoms with Crippen molar-refractivity contribution in [3.8, 4) is 5.75 Å². The van der Waals surface area contributed by atoms with Gasteiger partial charge in [0.2, 0.25) is 0 Å². The van der Waals surface area contributed by atoms with Crippen molar-refractivity contribution in [3.05, 3.63) is 97.9 Å². The monoisotopic (exact) mass is 471 g/mol. The number of thiophene rings is 1. The summed E-state index contributed by atoms with van der Waals surface area (Å²) >= 11 is 13.5. The van der Waals surface area contributed by atoms with E-state index in [1.807, 2.05) is 48.7 Å². The molecule has 5 nitrogen and oxygen atoms in total. The number of amides is 1. The molecule has 158 valence electrons. The third kappa shape index (κ3) is 5.67. The first-order valence-corrected chi connectivity index (χ1v) is 11.1. The quantitative estimate of drug-likeness (QED) is 0.337. The van der Waals surface area contributed by atoms with E-state index in [1.165, 1.54) is 16.9 Å². The average Bonchev–Trinajstić information content (AvgIpc) is 3.39. The Morgan fingerprint density at radius 2 is 1.97 bits per heavy atom. The first-order valence-electron chi connectivity index (χ1n) is 9.51. The molecule has 1 N–H and O–H groups in total. The first-order chi connectivity index (χ1) is 15.0. The van der Waals surface area contributed by atoms with Crippen molar-refractivity contribution in [1.29, 1.82) is 0 Å². The molecule has 0 saturated carbocycles. The van der Waals surface area contributed by atoms with Gasteiger partial charge in [0, 0.05) is 21.8 Å². The van der Waals surface area contributed by atoms with Crippen molar-refractivity contribution in [2.24, 2.45) is 0 Å². The molecular formula is C23H19Cl2N3O2S. The molecule has 0 spiro atoms. The number of carbonyl (C=O) groups is 1. The van der Waals surface area contributed by atoms with Crippen LogP contribution >= 0.6 is 34.5 Å². The Labute approximate surface area is 194 Å². The van der Waals surface area contributed by atoms with Gasteiger partial charge in [-0.25, -0.2) is 0 Å². The van der Waals surface area contributed by atoms with Crippen LogP contribution in [0.3, 0.4) is 0 Å². The summed E-state index contributed by atoms with van der Waals surface area (Å²) in [5.41, 5.74) is 3.63. The van der Waals surface area contributed by atoms with Gasteiger partial charge in [-0.2, -0.15) is 5.10 Å². The van der Waals surface area contributed by atoms with Gasteiger partial charge < -0.3 is 10.1 Å². The summed E-state index contributed by atoms with van der Waals surface area (Å²) in [6, 6.07) is 15.1. The second-order valence-electron chi connectivity index (χ2n) is 7.04. The Morgan fingerprint density at radius 3 is 2.74 bits per heavy atom. The number of aromatic nitrogens is 2. The molecule has 0 aliphatic rings. The molecule has 2 aromatic heterocycles. The third-order valence-corrected chi connectivity index (χ3v) is 6.11. The molecule has 31 heavy (non-hydrogen) atoms. The SMILES string of the molecule is Cc1ccc(OCc2csc(C(=O)Nc3cnn(Cc4ccc(Cl)cc4Cl)c3)c2)cc1. The number of anilines is 1. The average molecular weight is 472 g/mol. The molecule has 1 amide bonds. The Kier molecular flexibility index (Phi) is 6.61. The molecule has 0 bridgehead atoms. The second-order valence-corrected chi connectivity index (χ2v) is 8.79. The highest BCUT2D eigenvalue weighted by Crippen LogP contribution is 2.23. The first kappa shape index (κ1) is 21.4. The number of aryl methyl sites for hydroxylation is 1. The van der Waals surface area contributed by atoms with E-state index < -0.39 is 0 Å². The second kappa shape index (κ2) is 9.56. The van der Waals surface area contributed by atoms with Crippen LogP contribution < -0.4 is 10.1 Å². The third-order valence-electron chi connectivity index (χ3n) is 4.54. The number of hydrogen-bond acceptors (Lipinski definition) is 4. The van der Waals surface area contributed by atoms with Crippen molar-refractivity contribution in [2.45, 2.75) is 20.1 Å². The largest absolute Gasteiger partial charge is 0.489 e. The fraction of sp³-hybridized carbons (Fsp3) is 0.130.